The molecule has 1 aromatic heterocycles. The zero-order valence-electron chi connectivity index (χ0n) is 11.3. The average molecular weight is 258 g/mol. The van der Waals surface area contributed by atoms with Crippen LogP contribution in [0.5, 0.6) is 0 Å². The summed E-state index contributed by atoms with van der Waals surface area (Å²) in [4.78, 5) is 16.0. The molecule has 0 aliphatic rings. The number of aromatic nitrogens is 2. The molecule has 0 fully saturated rings. The Labute approximate surface area is 112 Å². The van der Waals surface area contributed by atoms with Gasteiger partial charge in [0.25, 0.3) is 0 Å². The molecular weight excluding hydrogens is 240 g/mol. The lowest BCUT2D eigenvalue weighted by molar-refractivity contribution is 0.0687. The summed E-state index contributed by atoms with van der Waals surface area (Å²) in [6.45, 7) is 2.11. The van der Waals surface area contributed by atoms with Gasteiger partial charge in [-0.3, -0.25) is 0 Å². The maximum atomic E-state index is 11.4. The fourth-order valence-corrected chi connectivity index (χ4v) is 2.15. The van der Waals surface area contributed by atoms with Gasteiger partial charge in [0.2, 0.25) is 0 Å². The van der Waals surface area contributed by atoms with Crippen molar-refractivity contribution < 1.29 is 9.90 Å². The topological polar surface area (TPSA) is 55.1 Å². The highest BCUT2D eigenvalue weighted by Crippen LogP contribution is 2.24. The fourth-order valence-electron chi connectivity index (χ4n) is 2.15. The molecule has 1 heterocycles. The standard InChI is InChI=1S/C15H18N2O2/c1-3-4-10-12-16-13(11-8-6-5-7-9-11)14(15(18)19)17(12)2/h5-9H,3-4,10H2,1-2H3,(H,18,19). The Hall–Kier alpha value is -2.10. The predicted molar refractivity (Wildman–Crippen MR) is 74.2 cm³/mol. The second-order valence-electron chi connectivity index (χ2n) is 4.56. The number of hydrogen-bond acceptors (Lipinski definition) is 2. The molecule has 0 saturated carbocycles. The number of aryl methyl sites for hydroxylation is 1. The molecule has 0 bridgehead atoms. The molecule has 4 heteroatoms. The molecule has 2 aromatic rings. The summed E-state index contributed by atoms with van der Waals surface area (Å²) in [7, 11) is 1.77. The average Bonchev–Trinajstić information content (AvgIpc) is 2.74. The van der Waals surface area contributed by atoms with E-state index in [1.54, 1.807) is 11.6 Å². The van der Waals surface area contributed by atoms with Gasteiger partial charge in [-0.1, -0.05) is 43.7 Å². The van der Waals surface area contributed by atoms with Crippen LogP contribution in [0.4, 0.5) is 0 Å². The summed E-state index contributed by atoms with van der Waals surface area (Å²) >= 11 is 0. The van der Waals surface area contributed by atoms with Gasteiger partial charge in [-0.05, 0) is 6.42 Å². The molecule has 0 amide bonds. The van der Waals surface area contributed by atoms with E-state index in [-0.39, 0.29) is 5.69 Å². The molecule has 0 aliphatic heterocycles. The first-order valence-corrected chi connectivity index (χ1v) is 6.49. The van der Waals surface area contributed by atoms with Gasteiger partial charge >= 0.3 is 5.97 Å². The number of unbranched alkanes of at least 4 members (excludes halogenated alkanes) is 1. The maximum Gasteiger partial charge on any atom is 0.354 e. The molecule has 1 aromatic carbocycles. The van der Waals surface area contributed by atoms with Gasteiger partial charge in [0.1, 0.15) is 11.5 Å². The number of nitrogens with zero attached hydrogens (tertiary/aromatic N) is 2. The number of imidazole rings is 1. The quantitative estimate of drug-likeness (QED) is 0.896. The Bertz CT molecular complexity index is 573. The van der Waals surface area contributed by atoms with Crippen LogP contribution in [0.2, 0.25) is 0 Å². The number of carboxylic acid groups (broad SMARTS) is 1. The van der Waals surface area contributed by atoms with E-state index in [1.807, 2.05) is 30.3 Å². The van der Waals surface area contributed by atoms with E-state index >= 15 is 0 Å². The number of hydrogen-bond donors (Lipinski definition) is 1. The van der Waals surface area contributed by atoms with Crippen LogP contribution in [-0.4, -0.2) is 20.6 Å². The van der Waals surface area contributed by atoms with Crippen LogP contribution < -0.4 is 0 Å². The molecule has 0 saturated heterocycles. The molecular formula is C15H18N2O2. The van der Waals surface area contributed by atoms with E-state index in [2.05, 4.69) is 11.9 Å². The summed E-state index contributed by atoms with van der Waals surface area (Å²) < 4.78 is 1.69. The summed E-state index contributed by atoms with van der Waals surface area (Å²) in [5, 5.41) is 9.39. The first-order chi connectivity index (χ1) is 9.15. The second kappa shape index (κ2) is 5.69. The monoisotopic (exact) mass is 258 g/mol. The van der Waals surface area contributed by atoms with Crippen LogP contribution in [0, 0.1) is 0 Å². The molecule has 0 unspecified atom stereocenters. The summed E-state index contributed by atoms with van der Waals surface area (Å²) in [6.07, 6.45) is 2.88. The molecule has 0 radical (unpaired) electrons. The van der Waals surface area contributed by atoms with Crippen molar-refractivity contribution in [2.45, 2.75) is 26.2 Å². The normalized spacial score (nSPS) is 10.6. The van der Waals surface area contributed by atoms with Crippen LogP contribution in [-0.2, 0) is 13.5 Å². The summed E-state index contributed by atoms with van der Waals surface area (Å²) in [5.74, 6) is -0.102. The van der Waals surface area contributed by atoms with Gasteiger partial charge in [-0.15, -0.1) is 0 Å². The lowest BCUT2D eigenvalue weighted by atomic mass is 10.1. The number of carboxylic acids is 1. The second-order valence-corrected chi connectivity index (χ2v) is 4.56. The Morgan fingerprint density at radius 1 is 1.32 bits per heavy atom. The van der Waals surface area contributed by atoms with Crippen LogP contribution in [0.25, 0.3) is 11.3 Å². The zero-order valence-corrected chi connectivity index (χ0v) is 11.3. The molecule has 2 rings (SSSR count). The molecule has 0 atom stereocenters. The lowest BCUT2D eigenvalue weighted by Gasteiger charge is -2.02. The minimum absolute atomic E-state index is 0.261. The highest BCUT2D eigenvalue weighted by molar-refractivity contribution is 5.93. The third kappa shape index (κ3) is 2.67. The molecule has 0 spiro atoms. The van der Waals surface area contributed by atoms with Gasteiger partial charge in [0.05, 0.1) is 0 Å². The van der Waals surface area contributed by atoms with Crippen LogP contribution >= 0.6 is 0 Å². The van der Waals surface area contributed by atoms with E-state index in [9.17, 15) is 9.90 Å². The van der Waals surface area contributed by atoms with E-state index in [1.165, 1.54) is 0 Å². The summed E-state index contributed by atoms with van der Waals surface area (Å²) in [6, 6.07) is 9.46. The Morgan fingerprint density at radius 3 is 2.58 bits per heavy atom. The number of carbonyl (C=O) groups is 1. The van der Waals surface area contributed by atoms with Crippen LogP contribution in [0.1, 0.15) is 36.1 Å². The van der Waals surface area contributed by atoms with Crippen molar-refractivity contribution in [3.05, 3.63) is 41.9 Å². The van der Waals surface area contributed by atoms with Gasteiger partial charge in [0.15, 0.2) is 5.69 Å². The zero-order chi connectivity index (χ0) is 13.8. The summed E-state index contributed by atoms with van der Waals surface area (Å²) in [5.41, 5.74) is 1.66. The SMILES string of the molecule is CCCCc1nc(-c2ccccc2)c(C(=O)O)n1C. The number of benzene rings is 1. The Morgan fingerprint density at radius 2 is 2.00 bits per heavy atom. The van der Waals surface area contributed by atoms with E-state index in [4.69, 9.17) is 0 Å². The molecule has 0 aliphatic carbocycles. The highest BCUT2D eigenvalue weighted by Gasteiger charge is 2.21. The van der Waals surface area contributed by atoms with Gasteiger partial charge < -0.3 is 9.67 Å². The third-order valence-corrected chi connectivity index (χ3v) is 3.19. The highest BCUT2D eigenvalue weighted by atomic mass is 16.4. The van der Waals surface area contributed by atoms with Gasteiger partial charge in [-0.25, -0.2) is 9.78 Å². The van der Waals surface area contributed by atoms with Crippen molar-refractivity contribution in [2.75, 3.05) is 0 Å². The van der Waals surface area contributed by atoms with Crippen molar-refractivity contribution >= 4 is 5.97 Å². The van der Waals surface area contributed by atoms with E-state index in [0.29, 0.717) is 5.69 Å². The molecule has 100 valence electrons. The van der Waals surface area contributed by atoms with E-state index in [0.717, 1.165) is 30.7 Å². The van der Waals surface area contributed by atoms with Crippen LogP contribution in [0.15, 0.2) is 30.3 Å². The largest absolute Gasteiger partial charge is 0.477 e. The maximum absolute atomic E-state index is 11.4. The molecule has 4 nitrogen and oxygen atoms in total. The lowest BCUT2D eigenvalue weighted by Crippen LogP contribution is -2.08. The van der Waals surface area contributed by atoms with Gasteiger partial charge in [0, 0.05) is 19.0 Å². The van der Waals surface area contributed by atoms with Crippen molar-refractivity contribution in [2.24, 2.45) is 7.05 Å². The molecule has 1 N–H and O–H groups in total. The van der Waals surface area contributed by atoms with Crippen LogP contribution in [0.3, 0.4) is 0 Å². The minimum Gasteiger partial charge on any atom is -0.477 e. The van der Waals surface area contributed by atoms with Crippen molar-refractivity contribution in [3.8, 4) is 11.3 Å². The van der Waals surface area contributed by atoms with Gasteiger partial charge in [-0.2, -0.15) is 0 Å². The minimum atomic E-state index is -0.934. The first-order valence-electron chi connectivity index (χ1n) is 6.49. The smallest absolute Gasteiger partial charge is 0.354 e. The Kier molecular flexibility index (Phi) is 4.00. The van der Waals surface area contributed by atoms with E-state index < -0.39 is 5.97 Å². The fraction of sp³-hybridized carbons (Fsp3) is 0.333. The third-order valence-electron chi connectivity index (χ3n) is 3.19. The predicted octanol–water partition coefficient (Wildman–Crippen LogP) is 3.13. The first kappa shape index (κ1) is 13.3. The Balaban J connectivity index is 2.51. The van der Waals surface area contributed by atoms with Crippen molar-refractivity contribution in [1.82, 2.24) is 9.55 Å². The van der Waals surface area contributed by atoms with Crippen molar-refractivity contribution in [1.29, 1.82) is 0 Å². The van der Waals surface area contributed by atoms with Crippen molar-refractivity contribution in [3.63, 3.8) is 0 Å². The number of aromatic carboxylic acids is 1. The number of rotatable bonds is 5. The molecule has 19 heavy (non-hydrogen) atoms.